The van der Waals surface area contributed by atoms with Gasteiger partial charge in [-0.15, -0.1) is 0 Å². The van der Waals surface area contributed by atoms with Crippen LogP contribution in [-0.2, 0) is 9.36 Å². The Morgan fingerprint density at radius 1 is 1.80 bits per heavy atom. The van der Waals surface area contributed by atoms with Gasteiger partial charge in [0.25, 0.3) is 0 Å². The average molecular weight is 164 g/mol. The summed E-state index contributed by atoms with van der Waals surface area (Å²) in [6, 6.07) is 0. The summed E-state index contributed by atoms with van der Waals surface area (Å²) < 4.78 is 10.8. The van der Waals surface area contributed by atoms with Crippen molar-refractivity contribution in [2.24, 2.45) is 5.73 Å². The van der Waals surface area contributed by atoms with E-state index in [1.54, 1.807) is 6.92 Å². The van der Waals surface area contributed by atoms with Gasteiger partial charge in [-0.1, -0.05) is 11.5 Å². The lowest BCUT2D eigenvalue weighted by Crippen LogP contribution is -2.43. The fourth-order valence-corrected chi connectivity index (χ4v) is 1.22. The minimum atomic E-state index is -1.86. The molecule has 3 N–H and O–H groups in total. The molecule has 2 atom stereocenters. The molecule has 0 spiro atoms. The zero-order chi connectivity index (χ0) is 8.36. The second-order valence-electron chi connectivity index (χ2n) is 2.08. The first-order valence-corrected chi connectivity index (χ1v) is 4.59. The van der Waals surface area contributed by atoms with E-state index in [0.29, 0.717) is 0 Å². The minimum Gasteiger partial charge on any atom is -0.477 e. The van der Waals surface area contributed by atoms with Crippen molar-refractivity contribution in [1.29, 1.82) is 0 Å². The highest BCUT2D eigenvalue weighted by Crippen LogP contribution is 2.33. The van der Waals surface area contributed by atoms with E-state index in [2.05, 4.69) is 0 Å². The second kappa shape index (κ2) is 3.08. The molecule has 0 saturated carbocycles. The molecule has 0 fully saturated rings. The average Bonchev–Trinajstić information content (AvgIpc) is 1.85. The van der Waals surface area contributed by atoms with Gasteiger partial charge in [0, 0.05) is 6.42 Å². The SMILES string of the molecule is CCC(N)(C(=O)O)[P+](C)=O. The predicted molar refractivity (Wildman–Crippen MR) is 38.4 cm³/mol. The highest BCUT2D eigenvalue weighted by atomic mass is 31.1. The smallest absolute Gasteiger partial charge is 0.374 e. The number of aliphatic carboxylic acids is 1. The van der Waals surface area contributed by atoms with Gasteiger partial charge in [-0.3, -0.25) is 5.73 Å². The molecule has 0 aliphatic rings. The fraction of sp³-hybridized carbons (Fsp3) is 0.800. The number of carboxylic acid groups (broad SMARTS) is 1. The molecule has 0 rings (SSSR count). The van der Waals surface area contributed by atoms with Gasteiger partial charge in [0.05, 0.1) is 0 Å². The number of rotatable bonds is 3. The summed E-state index contributed by atoms with van der Waals surface area (Å²) in [7, 11) is -1.86. The minimum absolute atomic E-state index is 0.189. The van der Waals surface area contributed by atoms with E-state index in [9.17, 15) is 9.36 Å². The molecule has 0 aliphatic heterocycles. The van der Waals surface area contributed by atoms with Crippen molar-refractivity contribution in [1.82, 2.24) is 0 Å². The Morgan fingerprint density at radius 3 is 2.20 bits per heavy atom. The van der Waals surface area contributed by atoms with Crippen LogP contribution in [0, 0.1) is 0 Å². The molecule has 10 heavy (non-hydrogen) atoms. The maximum atomic E-state index is 10.8. The van der Waals surface area contributed by atoms with Crippen molar-refractivity contribution in [3.63, 3.8) is 0 Å². The van der Waals surface area contributed by atoms with E-state index in [1.165, 1.54) is 6.66 Å². The number of hydrogen-bond acceptors (Lipinski definition) is 3. The lowest BCUT2D eigenvalue weighted by atomic mass is 10.2. The van der Waals surface area contributed by atoms with Crippen LogP contribution < -0.4 is 5.73 Å². The van der Waals surface area contributed by atoms with Gasteiger partial charge >= 0.3 is 19.1 Å². The number of nitrogens with two attached hydrogens (primary N) is 1. The van der Waals surface area contributed by atoms with Crippen LogP contribution in [0.4, 0.5) is 0 Å². The van der Waals surface area contributed by atoms with Crippen molar-refractivity contribution in [3.8, 4) is 0 Å². The molecule has 0 saturated heterocycles. The van der Waals surface area contributed by atoms with Gasteiger partial charge in [-0.05, 0) is 0 Å². The Hall–Kier alpha value is -0.470. The fourth-order valence-electron chi connectivity index (χ4n) is 0.509. The van der Waals surface area contributed by atoms with Crippen LogP contribution in [0.15, 0.2) is 0 Å². The van der Waals surface area contributed by atoms with Gasteiger partial charge in [0.1, 0.15) is 6.66 Å². The van der Waals surface area contributed by atoms with E-state index in [4.69, 9.17) is 10.8 Å². The van der Waals surface area contributed by atoms with Gasteiger partial charge in [0.15, 0.2) is 0 Å². The highest BCUT2D eigenvalue weighted by molar-refractivity contribution is 7.46. The van der Waals surface area contributed by atoms with Crippen LogP contribution in [-0.4, -0.2) is 23.0 Å². The summed E-state index contributed by atoms with van der Waals surface area (Å²) >= 11 is 0. The summed E-state index contributed by atoms with van der Waals surface area (Å²) in [5.41, 5.74) is 5.30. The summed E-state index contributed by atoms with van der Waals surface area (Å²) in [5.74, 6) is -1.20. The first kappa shape index (κ1) is 9.53. The van der Waals surface area contributed by atoms with E-state index >= 15 is 0 Å². The molecule has 0 amide bonds. The first-order chi connectivity index (χ1) is 4.45. The monoisotopic (exact) mass is 164 g/mol. The Balaban J connectivity index is 4.55. The molecule has 5 heteroatoms. The maximum absolute atomic E-state index is 10.8. The van der Waals surface area contributed by atoms with Crippen LogP contribution in [0.3, 0.4) is 0 Å². The van der Waals surface area contributed by atoms with Gasteiger partial charge in [0.2, 0.25) is 0 Å². The van der Waals surface area contributed by atoms with Gasteiger partial charge in [-0.25, -0.2) is 4.79 Å². The van der Waals surface area contributed by atoms with E-state index in [1.807, 2.05) is 0 Å². The van der Waals surface area contributed by atoms with E-state index < -0.39 is 19.1 Å². The largest absolute Gasteiger partial charge is 0.477 e. The molecule has 0 aromatic carbocycles. The second-order valence-corrected chi connectivity index (χ2v) is 3.87. The van der Waals surface area contributed by atoms with Crippen molar-refractivity contribution in [2.45, 2.75) is 18.6 Å². The Bertz CT molecular complexity index is 154. The van der Waals surface area contributed by atoms with Gasteiger partial charge in [-0.2, -0.15) is 0 Å². The summed E-state index contributed by atoms with van der Waals surface area (Å²) in [6.07, 6.45) is 0.189. The summed E-state index contributed by atoms with van der Waals surface area (Å²) in [6.45, 7) is 2.93. The molecular formula is C5H11NO3P+. The molecule has 0 bridgehead atoms. The number of hydrogen-bond donors (Lipinski definition) is 2. The highest BCUT2D eigenvalue weighted by Gasteiger charge is 2.48. The van der Waals surface area contributed by atoms with Crippen LogP contribution >= 0.6 is 7.80 Å². The van der Waals surface area contributed by atoms with Crippen molar-refractivity contribution >= 4 is 13.8 Å². The first-order valence-electron chi connectivity index (χ1n) is 2.88. The van der Waals surface area contributed by atoms with Crippen LogP contribution in [0.1, 0.15) is 13.3 Å². The molecule has 0 heterocycles. The number of carboxylic acids is 1. The van der Waals surface area contributed by atoms with E-state index in [0.717, 1.165) is 0 Å². The molecule has 2 unspecified atom stereocenters. The topological polar surface area (TPSA) is 80.4 Å². The van der Waals surface area contributed by atoms with Crippen molar-refractivity contribution in [2.75, 3.05) is 6.66 Å². The van der Waals surface area contributed by atoms with Gasteiger partial charge < -0.3 is 5.11 Å². The van der Waals surface area contributed by atoms with Crippen molar-refractivity contribution in [3.05, 3.63) is 0 Å². The number of carbonyl (C=O) groups is 1. The Morgan fingerprint density at radius 2 is 2.20 bits per heavy atom. The van der Waals surface area contributed by atoms with Crippen LogP contribution in [0.5, 0.6) is 0 Å². The molecule has 58 valence electrons. The lowest BCUT2D eigenvalue weighted by Gasteiger charge is -2.08. The lowest BCUT2D eigenvalue weighted by molar-refractivity contribution is -0.140. The Kier molecular flexibility index (Phi) is 2.94. The third-order valence-corrected chi connectivity index (χ3v) is 3.10. The normalized spacial score (nSPS) is 17.7. The summed E-state index contributed by atoms with van der Waals surface area (Å²) in [4.78, 5) is 10.4. The summed E-state index contributed by atoms with van der Waals surface area (Å²) in [5, 5.41) is 6.96. The predicted octanol–water partition coefficient (Wildman–Crippen LogP) is 0.593. The molecule has 0 aromatic heterocycles. The maximum Gasteiger partial charge on any atom is 0.374 e. The third kappa shape index (κ3) is 1.52. The zero-order valence-electron chi connectivity index (χ0n) is 6.00. The molecule has 4 nitrogen and oxygen atoms in total. The molecule has 0 aromatic rings. The van der Waals surface area contributed by atoms with E-state index in [-0.39, 0.29) is 6.42 Å². The standard InChI is InChI=1S/C5H10NO3P/c1-3-5(6,4(7)8)10(2)9/h3,6H2,1-2H3/p+1. The van der Waals surface area contributed by atoms with Crippen LogP contribution in [0.2, 0.25) is 0 Å². The third-order valence-electron chi connectivity index (χ3n) is 1.47. The molecule has 0 aliphatic carbocycles. The van der Waals surface area contributed by atoms with Crippen molar-refractivity contribution < 1.29 is 14.5 Å². The zero-order valence-corrected chi connectivity index (χ0v) is 6.89. The Labute approximate surface area is 60.2 Å². The molecule has 0 radical (unpaired) electrons. The van der Waals surface area contributed by atoms with Crippen LogP contribution in [0.25, 0.3) is 0 Å². The molecular weight excluding hydrogens is 153 g/mol. The quantitative estimate of drug-likeness (QED) is 0.598.